The predicted molar refractivity (Wildman–Crippen MR) is 64.3 cm³/mol. The number of alkyl carbamates (subject to hydrolysis) is 1. The predicted octanol–water partition coefficient (Wildman–Crippen LogP) is 1.30. The lowest BCUT2D eigenvalue weighted by Gasteiger charge is -2.18. The fourth-order valence-electron chi connectivity index (χ4n) is 1.04. The van der Waals surface area contributed by atoms with Gasteiger partial charge in [0, 0.05) is 13.2 Å². The Morgan fingerprint density at radius 1 is 1.59 bits per heavy atom. The number of nitrogens with one attached hydrogen (secondary N) is 1. The van der Waals surface area contributed by atoms with E-state index in [4.69, 9.17) is 4.74 Å². The van der Waals surface area contributed by atoms with E-state index >= 15 is 0 Å². The lowest BCUT2D eigenvalue weighted by atomic mass is 10.2. The molecule has 1 aromatic rings. The zero-order chi connectivity index (χ0) is 12.9. The van der Waals surface area contributed by atoms with Crippen molar-refractivity contribution in [3.8, 4) is 11.8 Å². The number of ether oxygens (including phenoxy) is 1. The average Bonchev–Trinajstić information content (AvgIpc) is 2.56. The summed E-state index contributed by atoms with van der Waals surface area (Å²) in [6, 6.07) is 0. The summed E-state index contributed by atoms with van der Waals surface area (Å²) in [5, 5.41) is 2.55. The van der Waals surface area contributed by atoms with E-state index in [-0.39, 0.29) is 6.54 Å². The van der Waals surface area contributed by atoms with E-state index in [0.29, 0.717) is 5.69 Å². The summed E-state index contributed by atoms with van der Waals surface area (Å²) < 4.78 is 6.87. The van der Waals surface area contributed by atoms with E-state index in [2.05, 4.69) is 22.1 Å². The summed E-state index contributed by atoms with van der Waals surface area (Å²) in [6.45, 7) is 5.68. The highest BCUT2D eigenvalue weighted by Gasteiger charge is 2.14. The highest BCUT2D eigenvalue weighted by molar-refractivity contribution is 5.68. The van der Waals surface area contributed by atoms with Crippen LogP contribution < -0.4 is 5.32 Å². The first-order valence-electron chi connectivity index (χ1n) is 5.30. The molecule has 0 unspecified atom stereocenters. The number of carbonyl (C=O) groups is 1. The van der Waals surface area contributed by atoms with Gasteiger partial charge in [0.15, 0.2) is 0 Å². The molecule has 0 saturated heterocycles. The smallest absolute Gasteiger partial charge is 0.408 e. The van der Waals surface area contributed by atoms with Crippen molar-refractivity contribution in [2.24, 2.45) is 7.05 Å². The first-order valence-corrected chi connectivity index (χ1v) is 5.30. The quantitative estimate of drug-likeness (QED) is 0.746. The second-order valence-corrected chi connectivity index (χ2v) is 4.58. The minimum atomic E-state index is -0.488. The van der Waals surface area contributed by atoms with Crippen molar-refractivity contribution in [1.82, 2.24) is 14.9 Å². The minimum Gasteiger partial charge on any atom is -0.444 e. The van der Waals surface area contributed by atoms with E-state index in [1.165, 1.54) is 0 Å². The highest BCUT2D eigenvalue weighted by atomic mass is 16.6. The van der Waals surface area contributed by atoms with Crippen LogP contribution in [-0.2, 0) is 11.8 Å². The average molecular weight is 235 g/mol. The van der Waals surface area contributed by atoms with Gasteiger partial charge in [0.05, 0.1) is 12.9 Å². The standard InChI is InChI=1S/C12H17N3O2/c1-12(2,3)17-11(16)13-7-5-6-10-8-15(4)9-14-10/h8-9H,7H2,1-4H3,(H,13,16). The molecule has 17 heavy (non-hydrogen) atoms. The summed E-state index contributed by atoms with van der Waals surface area (Å²) in [4.78, 5) is 15.3. The largest absolute Gasteiger partial charge is 0.444 e. The van der Waals surface area contributed by atoms with Crippen LogP contribution in [0.2, 0.25) is 0 Å². The van der Waals surface area contributed by atoms with Crippen LogP contribution in [0, 0.1) is 11.8 Å². The molecule has 0 atom stereocenters. The maximum absolute atomic E-state index is 11.3. The summed E-state index contributed by atoms with van der Waals surface area (Å²) in [5.74, 6) is 5.63. The van der Waals surface area contributed by atoms with Gasteiger partial charge in [-0.25, -0.2) is 9.78 Å². The Bertz CT molecular complexity index is 446. The van der Waals surface area contributed by atoms with E-state index < -0.39 is 11.7 Å². The fourth-order valence-corrected chi connectivity index (χ4v) is 1.04. The molecule has 0 aliphatic rings. The summed E-state index contributed by atoms with van der Waals surface area (Å²) in [6.07, 6.45) is 3.01. The van der Waals surface area contributed by atoms with Crippen LogP contribution in [0.3, 0.4) is 0 Å². The number of aryl methyl sites for hydroxylation is 1. The summed E-state index contributed by atoms with van der Waals surface area (Å²) >= 11 is 0. The zero-order valence-corrected chi connectivity index (χ0v) is 10.6. The van der Waals surface area contributed by atoms with Crippen LogP contribution in [0.1, 0.15) is 26.5 Å². The Morgan fingerprint density at radius 2 is 2.29 bits per heavy atom. The summed E-state index contributed by atoms with van der Waals surface area (Å²) in [5.41, 5.74) is 0.192. The molecule has 0 saturated carbocycles. The van der Waals surface area contributed by atoms with Crippen LogP contribution in [0.15, 0.2) is 12.5 Å². The summed E-state index contributed by atoms with van der Waals surface area (Å²) in [7, 11) is 1.87. The van der Waals surface area contributed by atoms with Crippen molar-refractivity contribution in [1.29, 1.82) is 0 Å². The van der Waals surface area contributed by atoms with E-state index in [0.717, 1.165) is 0 Å². The molecule has 5 heteroatoms. The number of nitrogens with zero attached hydrogens (tertiary/aromatic N) is 2. The lowest BCUT2D eigenvalue weighted by Crippen LogP contribution is -2.32. The van der Waals surface area contributed by atoms with Crippen LogP contribution in [0.25, 0.3) is 0 Å². The first-order chi connectivity index (χ1) is 7.87. The van der Waals surface area contributed by atoms with Gasteiger partial charge in [0.25, 0.3) is 0 Å². The van der Waals surface area contributed by atoms with Crippen LogP contribution in [-0.4, -0.2) is 27.8 Å². The highest BCUT2D eigenvalue weighted by Crippen LogP contribution is 2.05. The van der Waals surface area contributed by atoms with Gasteiger partial charge in [-0.1, -0.05) is 5.92 Å². The van der Waals surface area contributed by atoms with Gasteiger partial charge >= 0.3 is 6.09 Å². The number of amides is 1. The van der Waals surface area contributed by atoms with E-state index in [9.17, 15) is 4.79 Å². The van der Waals surface area contributed by atoms with Gasteiger partial charge in [-0.2, -0.15) is 0 Å². The monoisotopic (exact) mass is 235 g/mol. The van der Waals surface area contributed by atoms with Crippen molar-refractivity contribution in [2.75, 3.05) is 6.54 Å². The minimum absolute atomic E-state index is 0.242. The number of hydrogen-bond acceptors (Lipinski definition) is 3. The molecule has 0 aromatic carbocycles. The molecule has 0 spiro atoms. The lowest BCUT2D eigenvalue weighted by molar-refractivity contribution is 0.0535. The van der Waals surface area contributed by atoms with Crippen molar-refractivity contribution >= 4 is 6.09 Å². The molecular weight excluding hydrogens is 218 g/mol. The Hall–Kier alpha value is -1.96. The van der Waals surface area contributed by atoms with Gasteiger partial charge in [-0.05, 0) is 26.7 Å². The van der Waals surface area contributed by atoms with Gasteiger partial charge in [-0.3, -0.25) is 0 Å². The first kappa shape index (κ1) is 13.1. The Balaban J connectivity index is 2.33. The Morgan fingerprint density at radius 3 is 2.82 bits per heavy atom. The van der Waals surface area contributed by atoms with Crippen molar-refractivity contribution < 1.29 is 9.53 Å². The topological polar surface area (TPSA) is 56.2 Å². The van der Waals surface area contributed by atoms with Gasteiger partial charge in [0.1, 0.15) is 11.3 Å². The third-order valence-corrected chi connectivity index (χ3v) is 1.64. The zero-order valence-electron chi connectivity index (χ0n) is 10.6. The molecule has 1 heterocycles. The van der Waals surface area contributed by atoms with E-state index in [1.54, 1.807) is 12.5 Å². The molecule has 1 N–H and O–H groups in total. The third kappa shape index (κ3) is 5.61. The Kier molecular flexibility index (Phi) is 4.16. The van der Waals surface area contributed by atoms with Gasteiger partial charge in [0.2, 0.25) is 0 Å². The normalized spacial score (nSPS) is 10.4. The molecule has 5 nitrogen and oxygen atoms in total. The van der Waals surface area contributed by atoms with Crippen LogP contribution in [0.4, 0.5) is 4.79 Å². The number of imidazole rings is 1. The molecule has 1 amide bonds. The van der Waals surface area contributed by atoms with Crippen molar-refractivity contribution in [2.45, 2.75) is 26.4 Å². The van der Waals surface area contributed by atoms with Crippen molar-refractivity contribution in [3.63, 3.8) is 0 Å². The molecule has 0 aliphatic carbocycles. The Labute approximate surface area is 101 Å². The number of carbonyl (C=O) groups excluding carboxylic acids is 1. The van der Waals surface area contributed by atoms with Crippen LogP contribution >= 0.6 is 0 Å². The molecular formula is C12H17N3O2. The van der Waals surface area contributed by atoms with Gasteiger partial charge < -0.3 is 14.6 Å². The number of aromatic nitrogens is 2. The SMILES string of the molecule is Cn1cnc(C#CCNC(=O)OC(C)(C)C)c1. The molecule has 92 valence electrons. The number of rotatable bonds is 1. The third-order valence-electron chi connectivity index (χ3n) is 1.64. The molecule has 0 bridgehead atoms. The molecule has 0 radical (unpaired) electrons. The number of hydrogen-bond donors (Lipinski definition) is 1. The maximum Gasteiger partial charge on any atom is 0.408 e. The molecule has 0 fully saturated rings. The van der Waals surface area contributed by atoms with Crippen molar-refractivity contribution in [3.05, 3.63) is 18.2 Å². The molecule has 1 rings (SSSR count). The second kappa shape index (κ2) is 5.39. The molecule has 0 aliphatic heterocycles. The maximum atomic E-state index is 11.3. The molecule has 1 aromatic heterocycles. The van der Waals surface area contributed by atoms with E-state index in [1.807, 2.05) is 32.4 Å². The fraction of sp³-hybridized carbons (Fsp3) is 0.500. The van der Waals surface area contributed by atoms with Gasteiger partial charge in [-0.15, -0.1) is 0 Å². The second-order valence-electron chi connectivity index (χ2n) is 4.58. The van der Waals surface area contributed by atoms with Crippen LogP contribution in [0.5, 0.6) is 0 Å².